The van der Waals surface area contributed by atoms with E-state index in [0.29, 0.717) is 0 Å². The predicted molar refractivity (Wildman–Crippen MR) is 184 cm³/mol. The molecule has 0 heterocycles. The minimum absolute atomic E-state index is 1.06. The molecule has 0 aliphatic heterocycles. The lowest BCUT2D eigenvalue weighted by Crippen LogP contribution is -2.02. The quantitative estimate of drug-likeness (QED) is 0.0802. The van der Waals surface area contributed by atoms with E-state index in [1.807, 2.05) is 0 Å². The van der Waals surface area contributed by atoms with Crippen molar-refractivity contribution in [2.75, 3.05) is 0 Å². The van der Waals surface area contributed by atoms with E-state index in [2.05, 4.69) is 39.0 Å². The van der Waals surface area contributed by atoms with Crippen molar-refractivity contribution >= 4 is 0 Å². The Morgan fingerprint density at radius 3 is 0.975 bits per heavy atom. The predicted octanol–water partition coefficient (Wildman–Crippen LogP) is 14.1. The van der Waals surface area contributed by atoms with Gasteiger partial charge in [0, 0.05) is 0 Å². The summed E-state index contributed by atoms with van der Waals surface area (Å²) in [5.74, 6) is 0. The fraction of sp³-hybridized carbons (Fsp3) is 0.825. The van der Waals surface area contributed by atoms with E-state index >= 15 is 0 Å². The summed E-state index contributed by atoms with van der Waals surface area (Å²) in [4.78, 5) is 0. The van der Waals surface area contributed by atoms with Crippen molar-refractivity contribution in [3.63, 3.8) is 0 Å². The average molecular weight is 554 g/mol. The van der Waals surface area contributed by atoms with Gasteiger partial charge < -0.3 is 0 Å². The minimum Gasteiger partial charge on any atom is -0.0654 e. The summed E-state index contributed by atoms with van der Waals surface area (Å²) in [5, 5.41) is 0. The molecule has 0 heteroatoms. The van der Waals surface area contributed by atoms with Crippen LogP contribution in [0.5, 0.6) is 0 Å². The highest BCUT2D eigenvalue weighted by molar-refractivity contribution is 5.36. The van der Waals surface area contributed by atoms with Crippen molar-refractivity contribution in [1.29, 1.82) is 0 Å². The summed E-state index contributed by atoms with van der Waals surface area (Å²) in [5.41, 5.74) is 5.01. The second-order valence-electron chi connectivity index (χ2n) is 13.0. The molecule has 0 fully saturated rings. The number of hydrogen-bond donors (Lipinski definition) is 0. The second-order valence-corrected chi connectivity index (χ2v) is 13.0. The van der Waals surface area contributed by atoms with Gasteiger partial charge in [-0.05, 0) is 55.2 Å². The summed E-state index contributed by atoms with van der Waals surface area (Å²) in [6.45, 7) is 8.75. The van der Waals surface area contributed by atoms with Crippen LogP contribution in [0.4, 0.5) is 0 Å². The Balaban J connectivity index is 2.16. The Labute approximate surface area is 254 Å². The molecule has 0 aromatic heterocycles. The molecular formula is C40H73. The first-order valence-corrected chi connectivity index (χ1v) is 18.7. The van der Waals surface area contributed by atoms with E-state index in [1.165, 1.54) is 193 Å². The van der Waals surface area contributed by atoms with Gasteiger partial charge in [-0.1, -0.05) is 199 Å². The number of benzene rings is 1. The summed E-state index contributed by atoms with van der Waals surface area (Å²) in [7, 11) is 0. The molecule has 1 rings (SSSR count). The summed E-state index contributed by atoms with van der Waals surface area (Å²) >= 11 is 0. The molecule has 0 aliphatic rings. The first-order valence-electron chi connectivity index (χ1n) is 18.7. The highest BCUT2D eigenvalue weighted by Crippen LogP contribution is 2.23. The van der Waals surface area contributed by atoms with Crippen LogP contribution in [0.15, 0.2) is 18.2 Å². The van der Waals surface area contributed by atoms with Gasteiger partial charge in [0.15, 0.2) is 0 Å². The highest BCUT2D eigenvalue weighted by Gasteiger charge is 2.08. The fourth-order valence-electron chi connectivity index (χ4n) is 6.45. The van der Waals surface area contributed by atoms with Gasteiger partial charge in [-0.3, -0.25) is 0 Å². The van der Waals surface area contributed by atoms with Gasteiger partial charge in [0.1, 0.15) is 0 Å². The molecule has 0 saturated carbocycles. The molecule has 0 atom stereocenters. The van der Waals surface area contributed by atoms with Gasteiger partial charge >= 0.3 is 0 Å². The standard InChI is InChI=1S/C40H73/c1-4-7-10-12-14-16-18-20-22-24-26-28-30-33-38-35-32-36-39(40(38)37-9-6-3)34-31-29-27-25-23-21-19-17-15-13-11-8-5-2/h32,35-36H,3-31,33-34,37H2,1-2H3. The third kappa shape index (κ3) is 21.9. The van der Waals surface area contributed by atoms with E-state index in [4.69, 9.17) is 0 Å². The van der Waals surface area contributed by atoms with Crippen molar-refractivity contribution in [2.24, 2.45) is 0 Å². The minimum atomic E-state index is 1.06. The molecular weight excluding hydrogens is 480 g/mol. The second kappa shape index (κ2) is 29.7. The van der Waals surface area contributed by atoms with Crippen molar-refractivity contribution in [1.82, 2.24) is 0 Å². The first kappa shape index (κ1) is 37.2. The molecule has 0 saturated heterocycles. The molecule has 1 radical (unpaired) electrons. The molecule has 0 nitrogen and oxygen atoms in total. The Morgan fingerprint density at radius 2 is 0.675 bits per heavy atom. The van der Waals surface area contributed by atoms with Crippen LogP contribution in [0.3, 0.4) is 0 Å². The molecule has 0 unspecified atom stereocenters. The topological polar surface area (TPSA) is 0 Å². The average Bonchev–Trinajstić information content (AvgIpc) is 2.97. The van der Waals surface area contributed by atoms with Crippen molar-refractivity contribution < 1.29 is 0 Å². The van der Waals surface area contributed by atoms with Crippen molar-refractivity contribution in [3.8, 4) is 0 Å². The fourth-order valence-corrected chi connectivity index (χ4v) is 6.45. The lowest BCUT2D eigenvalue weighted by molar-refractivity contribution is 0.538. The summed E-state index contributed by atoms with van der Waals surface area (Å²) in [6.07, 6.45) is 43.5. The van der Waals surface area contributed by atoms with Crippen LogP contribution >= 0.6 is 0 Å². The van der Waals surface area contributed by atoms with Crippen LogP contribution < -0.4 is 0 Å². The molecule has 0 N–H and O–H groups in total. The summed E-state index contributed by atoms with van der Waals surface area (Å²) < 4.78 is 0. The Hall–Kier alpha value is -0.780. The maximum absolute atomic E-state index is 4.14. The Bertz CT molecular complexity index is 581. The van der Waals surface area contributed by atoms with E-state index in [-0.39, 0.29) is 0 Å². The van der Waals surface area contributed by atoms with Crippen LogP contribution in [0.2, 0.25) is 0 Å². The molecule has 1 aromatic rings. The number of unbranched alkanes of at least 4 members (excludes halogenated alkanes) is 25. The van der Waals surface area contributed by atoms with Crippen LogP contribution in [-0.2, 0) is 19.3 Å². The van der Waals surface area contributed by atoms with E-state index < -0.39 is 0 Å². The van der Waals surface area contributed by atoms with Gasteiger partial charge in [0.25, 0.3) is 0 Å². The van der Waals surface area contributed by atoms with Crippen LogP contribution in [-0.4, -0.2) is 0 Å². The smallest absolute Gasteiger partial charge is 0.0273 e. The molecule has 40 heavy (non-hydrogen) atoms. The normalized spacial score (nSPS) is 11.5. The number of hydrogen-bond acceptors (Lipinski definition) is 0. The largest absolute Gasteiger partial charge is 0.0654 e. The van der Waals surface area contributed by atoms with Crippen LogP contribution in [0, 0.1) is 6.92 Å². The van der Waals surface area contributed by atoms with Gasteiger partial charge in [-0.15, -0.1) is 0 Å². The maximum Gasteiger partial charge on any atom is -0.0273 e. The lowest BCUT2D eigenvalue weighted by atomic mass is 9.90. The number of rotatable bonds is 31. The van der Waals surface area contributed by atoms with Gasteiger partial charge in [-0.25, -0.2) is 0 Å². The monoisotopic (exact) mass is 554 g/mol. The Morgan fingerprint density at radius 1 is 0.375 bits per heavy atom. The Kier molecular flexibility index (Phi) is 27.7. The third-order valence-corrected chi connectivity index (χ3v) is 9.15. The van der Waals surface area contributed by atoms with Crippen molar-refractivity contribution in [2.45, 2.75) is 213 Å². The van der Waals surface area contributed by atoms with Gasteiger partial charge in [0.05, 0.1) is 0 Å². The maximum atomic E-state index is 4.14. The van der Waals surface area contributed by atoms with Gasteiger partial charge in [-0.2, -0.15) is 0 Å². The first-order chi connectivity index (χ1) is 19.8. The zero-order valence-corrected chi connectivity index (χ0v) is 27.9. The van der Waals surface area contributed by atoms with E-state index in [0.717, 1.165) is 6.42 Å². The third-order valence-electron chi connectivity index (χ3n) is 9.15. The molecule has 0 bridgehead atoms. The molecule has 0 spiro atoms. The summed E-state index contributed by atoms with van der Waals surface area (Å²) in [6, 6.07) is 7.22. The molecule has 1 aromatic carbocycles. The van der Waals surface area contributed by atoms with Crippen LogP contribution in [0.1, 0.15) is 210 Å². The van der Waals surface area contributed by atoms with Crippen LogP contribution in [0.25, 0.3) is 0 Å². The zero-order chi connectivity index (χ0) is 28.8. The molecule has 233 valence electrons. The van der Waals surface area contributed by atoms with E-state index in [9.17, 15) is 0 Å². The highest BCUT2D eigenvalue weighted by atomic mass is 14.1. The molecule has 0 aliphatic carbocycles. The SMILES string of the molecule is [CH2]CCCc1c(CCCCCCCCCCCCCCC)cccc1CCCCCCCCCCCCCCC. The van der Waals surface area contributed by atoms with E-state index in [1.54, 1.807) is 16.7 Å². The lowest BCUT2D eigenvalue weighted by Gasteiger charge is -2.15. The molecule has 0 amide bonds. The van der Waals surface area contributed by atoms with Gasteiger partial charge in [0.2, 0.25) is 0 Å². The zero-order valence-electron chi connectivity index (χ0n) is 27.9. The van der Waals surface area contributed by atoms with Crippen molar-refractivity contribution in [3.05, 3.63) is 41.8 Å². The number of aryl methyl sites for hydroxylation is 2.